The van der Waals surface area contributed by atoms with Crippen molar-refractivity contribution >= 4 is 30.1 Å². The Kier molecular flexibility index (Phi) is 9.21. The SMILES string of the molecule is C=N/C(C)=N\C=C(/C)C(CNC(=O)c1cccc(OC(F)F)c1Cl)N1CCC(F)(F)CC1. The van der Waals surface area contributed by atoms with Crippen LogP contribution in [-0.2, 0) is 0 Å². The van der Waals surface area contributed by atoms with E-state index in [-0.39, 0.29) is 48.8 Å². The number of hydrogen-bond donors (Lipinski definition) is 1. The van der Waals surface area contributed by atoms with Crippen LogP contribution in [0.15, 0.2) is 40.0 Å². The van der Waals surface area contributed by atoms with Crippen molar-refractivity contribution in [2.45, 2.75) is 45.3 Å². The quantitative estimate of drug-likeness (QED) is 0.333. The molecule has 1 aliphatic rings. The lowest BCUT2D eigenvalue weighted by atomic mass is 10.0. The Labute approximate surface area is 189 Å². The summed E-state index contributed by atoms with van der Waals surface area (Å²) >= 11 is 6.05. The van der Waals surface area contributed by atoms with Gasteiger partial charge >= 0.3 is 6.61 Å². The zero-order valence-electron chi connectivity index (χ0n) is 17.8. The maximum atomic E-state index is 13.6. The van der Waals surface area contributed by atoms with Gasteiger partial charge in [-0.1, -0.05) is 17.7 Å². The number of alkyl halides is 4. The third-order valence-electron chi connectivity index (χ3n) is 5.06. The molecule has 1 saturated heterocycles. The predicted octanol–water partition coefficient (Wildman–Crippen LogP) is 4.79. The normalized spacial score (nSPS) is 18.4. The van der Waals surface area contributed by atoms with E-state index in [0.29, 0.717) is 5.84 Å². The predicted molar refractivity (Wildman–Crippen MR) is 116 cm³/mol. The molecule has 176 valence electrons. The topological polar surface area (TPSA) is 66.3 Å². The molecule has 1 unspecified atom stereocenters. The minimum atomic E-state index is -3.09. The zero-order valence-corrected chi connectivity index (χ0v) is 18.5. The minimum absolute atomic E-state index is 0.0416. The molecule has 1 amide bonds. The first kappa shape index (κ1) is 25.8. The van der Waals surface area contributed by atoms with Crippen LogP contribution in [0.2, 0.25) is 5.02 Å². The molecule has 6 nitrogen and oxygen atoms in total. The van der Waals surface area contributed by atoms with Gasteiger partial charge in [-0.2, -0.15) is 8.78 Å². The molecule has 0 bridgehead atoms. The number of nitrogens with one attached hydrogen (secondary N) is 1. The maximum absolute atomic E-state index is 13.6. The number of rotatable bonds is 8. The molecule has 32 heavy (non-hydrogen) atoms. The second kappa shape index (κ2) is 11.4. The van der Waals surface area contributed by atoms with Crippen molar-refractivity contribution in [2.75, 3.05) is 19.6 Å². The Morgan fingerprint density at radius 3 is 2.59 bits per heavy atom. The first-order chi connectivity index (χ1) is 15.0. The smallest absolute Gasteiger partial charge is 0.387 e. The van der Waals surface area contributed by atoms with Gasteiger partial charge in [0.15, 0.2) is 0 Å². The number of carbonyl (C=O) groups excluding carboxylic acids is 1. The third kappa shape index (κ3) is 7.30. The fourth-order valence-corrected chi connectivity index (χ4v) is 3.48. The molecule has 0 aromatic heterocycles. The summed E-state index contributed by atoms with van der Waals surface area (Å²) in [7, 11) is 0. The molecular weight excluding hydrogens is 452 g/mol. The van der Waals surface area contributed by atoms with Gasteiger partial charge in [-0.15, -0.1) is 0 Å². The van der Waals surface area contributed by atoms with E-state index >= 15 is 0 Å². The van der Waals surface area contributed by atoms with Crippen LogP contribution in [-0.4, -0.2) is 61.6 Å². The Bertz CT molecular complexity index is 883. The monoisotopic (exact) mass is 476 g/mol. The molecule has 0 radical (unpaired) electrons. The Morgan fingerprint density at radius 1 is 1.34 bits per heavy atom. The zero-order chi connectivity index (χ0) is 23.9. The molecule has 0 saturated carbocycles. The lowest BCUT2D eigenvalue weighted by Crippen LogP contribution is -2.50. The lowest BCUT2D eigenvalue weighted by molar-refractivity contribution is -0.0602. The number of nitrogens with zero attached hydrogens (tertiary/aromatic N) is 3. The van der Waals surface area contributed by atoms with Gasteiger partial charge < -0.3 is 10.1 Å². The van der Waals surface area contributed by atoms with Gasteiger partial charge in [0.05, 0.1) is 10.6 Å². The molecule has 0 aliphatic carbocycles. The van der Waals surface area contributed by atoms with Crippen molar-refractivity contribution in [3.05, 3.63) is 40.6 Å². The number of likely N-dealkylation sites (tertiary alicyclic amines) is 1. The maximum Gasteiger partial charge on any atom is 0.387 e. The van der Waals surface area contributed by atoms with Gasteiger partial charge in [-0.05, 0) is 38.3 Å². The summed E-state index contributed by atoms with van der Waals surface area (Å²) in [6.45, 7) is 4.07. The highest BCUT2D eigenvalue weighted by molar-refractivity contribution is 6.35. The standard InChI is InChI=1S/C21H25ClF4N4O2/c1-13(11-28-14(2)27-3)16(30-9-7-21(25,26)8-10-30)12-29-19(31)15-5-4-6-17(18(15)22)32-20(23)24/h4-6,11,16,20H,3,7-10,12H2,1-2H3,(H,29,31)/b13-11+,28-14-. The first-order valence-electron chi connectivity index (χ1n) is 9.85. The second-order valence-electron chi connectivity index (χ2n) is 7.32. The summed E-state index contributed by atoms with van der Waals surface area (Å²) in [5.74, 6) is -3.22. The van der Waals surface area contributed by atoms with E-state index in [0.717, 1.165) is 5.57 Å². The molecule has 1 atom stereocenters. The molecule has 1 fully saturated rings. The average molecular weight is 477 g/mol. The molecule has 11 heteroatoms. The summed E-state index contributed by atoms with van der Waals surface area (Å²) in [5.41, 5.74) is 0.680. The fraction of sp³-hybridized carbons (Fsp3) is 0.476. The van der Waals surface area contributed by atoms with Crippen molar-refractivity contribution in [3.8, 4) is 5.75 Å². The number of amides is 1. The van der Waals surface area contributed by atoms with E-state index in [2.05, 4.69) is 26.8 Å². The van der Waals surface area contributed by atoms with Crippen LogP contribution >= 0.6 is 11.6 Å². The Balaban J connectivity index is 2.19. The number of halogens is 5. The van der Waals surface area contributed by atoms with Gasteiger partial charge in [0.2, 0.25) is 0 Å². The van der Waals surface area contributed by atoms with Crippen LogP contribution < -0.4 is 10.1 Å². The molecule has 1 aliphatic heterocycles. The molecule has 1 aromatic rings. The molecule has 1 heterocycles. The van der Waals surface area contributed by atoms with Crippen molar-refractivity contribution in [1.29, 1.82) is 0 Å². The van der Waals surface area contributed by atoms with Gasteiger partial charge in [0, 0.05) is 44.7 Å². The highest BCUT2D eigenvalue weighted by Gasteiger charge is 2.36. The Hall–Kier alpha value is -2.46. The average Bonchev–Trinajstić information content (AvgIpc) is 2.74. The Morgan fingerprint density at radius 2 is 2.00 bits per heavy atom. The van der Waals surface area contributed by atoms with Crippen molar-refractivity contribution in [2.24, 2.45) is 9.98 Å². The molecule has 1 aromatic carbocycles. The van der Waals surface area contributed by atoms with E-state index in [1.54, 1.807) is 20.0 Å². The first-order valence-corrected chi connectivity index (χ1v) is 10.2. The number of carbonyl (C=O) groups is 1. The van der Waals surface area contributed by atoms with Crippen LogP contribution in [0.5, 0.6) is 5.75 Å². The van der Waals surface area contributed by atoms with Crippen molar-refractivity contribution in [1.82, 2.24) is 10.2 Å². The van der Waals surface area contributed by atoms with E-state index in [4.69, 9.17) is 11.6 Å². The summed E-state index contributed by atoms with van der Waals surface area (Å²) in [6, 6.07) is 3.55. The fourth-order valence-electron chi connectivity index (χ4n) is 3.22. The van der Waals surface area contributed by atoms with E-state index in [9.17, 15) is 22.4 Å². The largest absolute Gasteiger partial charge is 0.433 e. The number of benzene rings is 1. The summed E-state index contributed by atoms with van der Waals surface area (Å²) < 4.78 is 56.6. The number of hydrogen-bond acceptors (Lipinski definition) is 4. The number of piperidine rings is 1. The number of ether oxygens (including phenoxy) is 1. The van der Waals surface area contributed by atoms with Crippen LogP contribution in [0, 0.1) is 0 Å². The van der Waals surface area contributed by atoms with Gasteiger partial charge in [0.1, 0.15) is 11.6 Å². The van der Waals surface area contributed by atoms with Crippen molar-refractivity contribution < 1.29 is 27.1 Å². The molecule has 0 spiro atoms. The third-order valence-corrected chi connectivity index (χ3v) is 5.45. The van der Waals surface area contributed by atoms with E-state index < -0.39 is 24.5 Å². The van der Waals surface area contributed by atoms with Crippen LogP contribution in [0.3, 0.4) is 0 Å². The number of amidine groups is 1. The summed E-state index contributed by atoms with van der Waals surface area (Å²) in [6.07, 6.45) is 0.970. The molecule has 2 rings (SSSR count). The molecule has 1 N–H and O–H groups in total. The summed E-state index contributed by atoms with van der Waals surface area (Å²) in [4.78, 5) is 22.4. The van der Waals surface area contributed by atoms with Crippen molar-refractivity contribution in [3.63, 3.8) is 0 Å². The lowest BCUT2D eigenvalue weighted by Gasteiger charge is -2.38. The van der Waals surface area contributed by atoms with Crippen LogP contribution in [0.25, 0.3) is 0 Å². The minimum Gasteiger partial charge on any atom is -0.433 e. The van der Waals surface area contributed by atoms with E-state index in [1.165, 1.54) is 18.2 Å². The van der Waals surface area contributed by atoms with Crippen LogP contribution in [0.4, 0.5) is 17.6 Å². The number of aliphatic imine (C=N–C) groups is 2. The molecular formula is C21H25ClF4N4O2. The highest BCUT2D eigenvalue weighted by Crippen LogP contribution is 2.31. The summed E-state index contributed by atoms with van der Waals surface area (Å²) in [5, 5.41) is 2.45. The second-order valence-corrected chi connectivity index (χ2v) is 7.70. The van der Waals surface area contributed by atoms with Gasteiger partial charge in [0.25, 0.3) is 11.8 Å². The highest BCUT2D eigenvalue weighted by atomic mass is 35.5. The van der Waals surface area contributed by atoms with E-state index in [1.807, 2.05) is 4.90 Å². The van der Waals surface area contributed by atoms with Gasteiger partial charge in [-0.3, -0.25) is 9.69 Å². The van der Waals surface area contributed by atoms with Gasteiger partial charge in [-0.25, -0.2) is 18.8 Å². The van der Waals surface area contributed by atoms with Crippen LogP contribution in [0.1, 0.15) is 37.0 Å².